The van der Waals surface area contributed by atoms with Crippen molar-refractivity contribution in [3.05, 3.63) is 22.2 Å². The first-order valence-electron chi connectivity index (χ1n) is 8.40. The maximum Gasteiger partial charge on any atom is 0.466 e. The standard InChI is InChI=1S/C18H26BBrO6/c1-17(2)18(3,4)26-19(25-17)12(10-15(21)24-7)11-8-13(22-5)16(20)14(9-11)23-6/h8-9,12H,10H2,1-7H3. The van der Waals surface area contributed by atoms with E-state index in [1.807, 2.05) is 39.8 Å². The second-order valence-corrected chi connectivity index (χ2v) is 8.04. The van der Waals surface area contributed by atoms with Crippen LogP contribution < -0.4 is 9.47 Å². The van der Waals surface area contributed by atoms with Gasteiger partial charge < -0.3 is 23.5 Å². The van der Waals surface area contributed by atoms with Crippen molar-refractivity contribution in [3.63, 3.8) is 0 Å². The van der Waals surface area contributed by atoms with E-state index in [0.29, 0.717) is 16.0 Å². The summed E-state index contributed by atoms with van der Waals surface area (Å²) in [5, 5.41) is 0. The van der Waals surface area contributed by atoms with Gasteiger partial charge in [0.1, 0.15) is 16.0 Å². The molecule has 6 nitrogen and oxygen atoms in total. The Bertz CT molecular complexity index is 635. The van der Waals surface area contributed by atoms with Gasteiger partial charge in [0.25, 0.3) is 0 Å². The molecule has 0 spiro atoms. The molecule has 1 aromatic rings. The molecule has 1 heterocycles. The first-order chi connectivity index (χ1) is 12.1. The fourth-order valence-corrected chi connectivity index (χ4v) is 3.34. The Labute approximate surface area is 163 Å². The van der Waals surface area contributed by atoms with Crippen LogP contribution in [0.1, 0.15) is 45.5 Å². The van der Waals surface area contributed by atoms with Gasteiger partial charge in [0.05, 0.1) is 39.0 Å². The van der Waals surface area contributed by atoms with Gasteiger partial charge in [-0.1, -0.05) is 0 Å². The molecule has 0 N–H and O–H groups in total. The third kappa shape index (κ3) is 4.02. The van der Waals surface area contributed by atoms with Crippen molar-refractivity contribution in [1.29, 1.82) is 0 Å². The molecule has 1 aliphatic rings. The monoisotopic (exact) mass is 428 g/mol. The molecule has 0 amide bonds. The van der Waals surface area contributed by atoms with E-state index in [1.165, 1.54) is 7.11 Å². The number of methoxy groups -OCH3 is 3. The number of ether oxygens (including phenoxy) is 3. The summed E-state index contributed by atoms with van der Waals surface area (Å²) >= 11 is 3.46. The van der Waals surface area contributed by atoms with Crippen LogP contribution in [0.15, 0.2) is 16.6 Å². The molecule has 0 aromatic heterocycles. The predicted molar refractivity (Wildman–Crippen MR) is 103 cm³/mol. The van der Waals surface area contributed by atoms with E-state index >= 15 is 0 Å². The molecule has 0 saturated carbocycles. The summed E-state index contributed by atoms with van der Waals surface area (Å²) in [5.41, 5.74) is -0.198. The van der Waals surface area contributed by atoms with Gasteiger partial charge in [0.2, 0.25) is 0 Å². The SMILES string of the molecule is COC(=O)CC(B1OC(C)(C)C(C)(C)O1)c1cc(OC)c(Br)c(OC)c1. The van der Waals surface area contributed by atoms with Crippen molar-refractivity contribution < 1.29 is 28.3 Å². The van der Waals surface area contributed by atoms with E-state index in [-0.39, 0.29) is 18.2 Å². The van der Waals surface area contributed by atoms with Gasteiger partial charge in [-0.3, -0.25) is 4.79 Å². The average molecular weight is 429 g/mol. The fraction of sp³-hybridized carbons (Fsp3) is 0.611. The second kappa shape index (κ2) is 7.78. The van der Waals surface area contributed by atoms with E-state index in [1.54, 1.807) is 14.2 Å². The molecule has 2 rings (SSSR count). The minimum absolute atomic E-state index is 0.112. The smallest absolute Gasteiger partial charge is 0.466 e. The first kappa shape index (κ1) is 21.1. The number of benzene rings is 1. The first-order valence-corrected chi connectivity index (χ1v) is 9.19. The highest BCUT2D eigenvalue weighted by atomic mass is 79.9. The third-order valence-corrected chi connectivity index (χ3v) is 5.89. The number of hydrogen-bond acceptors (Lipinski definition) is 6. The lowest BCUT2D eigenvalue weighted by molar-refractivity contribution is -0.140. The Morgan fingerprint density at radius 1 is 1.08 bits per heavy atom. The summed E-state index contributed by atoms with van der Waals surface area (Å²) in [4.78, 5) is 12.0. The van der Waals surface area contributed by atoms with Gasteiger partial charge >= 0.3 is 13.1 Å². The van der Waals surface area contributed by atoms with Gasteiger partial charge in [-0.25, -0.2) is 0 Å². The van der Waals surface area contributed by atoms with Crippen LogP contribution in [0.25, 0.3) is 0 Å². The van der Waals surface area contributed by atoms with Crippen molar-refractivity contribution in [2.45, 2.75) is 51.1 Å². The average Bonchev–Trinajstić information content (AvgIpc) is 2.80. The molecule has 8 heteroatoms. The number of carbonyl (C=O) groups excluding carboxylic acids is 1. The van der Waals surface area contributed by atoms with Crippen LogP contribution in [-0.2, 0) is 18.8 Å². The molecular weight excluding hydrogens is 403 g/mol. The normalized spacial score (nSPS) is 19.2. The van der Waals surface area contributed by atoms with E-state index < -0.39 is 18.3 Å². The summed E-state index contributed by atoms with van der Waals surface area (Å²) in [6.07, 6.45) is 0.112. The van der Waals surface area contributed by atoms with Gasteiger partial charge in [-0.2, -0.15) is 0 Å². The van der Waals surface area contributed by atoms with Gasteiger partial charge in [0.15, 0.2) is 0 Å². The Morgan fingerprint density at radius 3 is 1.92 bits per heavy atom. The van der Waals surface area contributed by atoms with E-state index in [0.717, 1.165) is 5.56 Å². The number of esters is 1. The highest BCUT2D eigenvalue weighted by Crippen LogP contribution is 2.44. The minimum atomic E-state index is -0.602. The molecule has 1 unspecified atom stereocenters. The van der Waals surface area contributed by atoms with Gasteiger partial charge in [-0.05, 0) is 61.3 Å². The number of halogens is 1. The lowest BCUT2D eigenvalue weighted by atomic mass is 9.66. The number of rotatable bonds is 6. The van der Waals surface area contributed by atoms with Crippen LogP contribution in [0.2, 0.25) is 0 Å². The maximum absolute atomic E-state index is 12.0. The van der Waals surface area contributed by atoms with Crippen LogP contribution >= 0.6 is 15.9 Å². The molecule has 0 radical (unpaired) electrons. The zero-order valence-electron chi connectivity index (χ0n) is 16.3. The van der Waals surface area contributed by atoms with Crippen molar-refractivity contribution in [2.75, 3.05) is 21.3 Å². The van der Waals surface area contributed by atoms with Crippen LogP contribution in [0.4, 0.5) is 0 Å². The summed E-state index contributed by atoms with van der Waals surface area (Å²) in [6.45, 7) is 7.91. The minimum Gasteiger partial charge on any atom is -0.495 e. The summed E-state index contributed by atoms with van der Waals surface area (Å²) in [7, 11) is 3.92. The molecule has 144 valence electrons. The Kier molecular flexibility index (Phi) is 6.30. The van der Waals surface area contributed by atoms with Crippen LogP contribution in [0, 0.1) is 0 Å². The van der Waals surface area contributed by atoms with E-state index in [4.69, 9.17) is 23.5 Å². The maximum atomic E-state index is 12.0. The molecule has 1 fully saturated rings. The third-order valence-electron chi connectivity index (χ3n) is 5.11. The van der Waals surface area contributed by atoms with Crippen molar-refractivity contribution >= 4 is 29.0 Å². The molecule has 1 saturated heterocycles. The zero-order chi connectivity index (χ0) is 19.7. The highest BCUT2D eigenvalue weighted by molar-refractivity contribution is 9.10. The number of hydrogen-bond donors (Lipinski definition) is 0. The fourth-order valence-electron chi connectivity index (χ4n) is 2.79. The number of carbonyl (C=O) groups is 1. The highest BCUT2D eigenvalue weighted by Gasteiger charge is 2.54. The molecule has 0 aliphatic carbocycles. The second-order valence-electron chi connectivity index (χ2n) is 7.25. The molecular formula is C18H26BBrO6. The molecule has 1 aliphatic heterocycles. The lowest BCUT2D eigenvalue weighted by Crippen LogP contribution is -2.41. The molecule has 0 bridgehead atoms. The van der Waals surface area contributed by atoms with Crippen molar-refractivity contribution in [2.24, 2.45) is 0 Å². The summed E-state index contributed by atoms with van der Waals surface area (Å²) in [5.74, 6) is 0.487. The molecule has 26 heavy (non-hydrogen) atoms. The Balaban J connectivity index is 2.48. The van der Waals surface area contributed by atoms with Crippen LogP contribution in [0.3, 0.4) is 0 Å². The molecule has 1 atom stereocenters. The molecule has 1 aromatic carbocycles. The van der Waals surface area contributed by atoms with Crippen LogP contribution in [-0.4, -0.2) is 45.6 Å². The van der Waals surface area contributed by atoms with Crippen LogP contribution in [0.5, 0.6) is 11.5 Å². The van der Waals surface area contributed by atoms with Gasteiger partial charge in [-0.15, -0.1) is 0 Å². The largest absolute Gasteiger partial charge is 0.495 e. The van der Waals surface area contributed by atoms with E-state index in [2.05, 4.69) is 15.9 Å². The van der Waals surface area contributed by atoms with E-state index in [9.17, 15) is 4.79 Å². The van der Waals surface area contributed by atoms with Gasteiger partial charge in [0, 0.05) is 5.82 Å². The topological polar surface area (TPSA) is 63.2 Å². The van der Waals surface area contributed by atoms with Crippen molar-refractivity contribution in [3.8, 4) is 11.5 Å². The van der Waals surface area contributed by atoms with Crippen molar-refractivity contribution in [1.82, 2.24) is 0 Å². The Hall–Kier alpha value is -1.25. The zero-order valence-corrected chi connectivity index (χ0v) is 17.9. The quantitative estimate of drug-likeness (QED) is 0.507. The summed E-state index contributed by atoms with van der Waals surface area (Å²) in [6, 6.07) is 3.70. The lowest BCUT2D eigenvalue weighted by Gasteiger charge is -2.32. The Morgan fingerprint density at radius 2 is 1.54 bits per heavy atom. The summed E-state index contributed by atoms with van der Waals surface area (Å²) < 4.78 is 28.8. The predicted octanol–water partition coefficient (Wildman–Crippen LogP) is 3.74.